The molecule has 1 saturated carbocycles. The molecule has 0 radical (unpaired) electrons. The van der Waals surface area contributed by atoms with Gasteiger partial charge in [0, 0.05) is 0 Å². The van der Waals surface area contributed by atoms with Crippen molar-refractivity contribution in [2.24, 2.45) is 15.7 Å². The summed E-state index contributed by atoms with van der Waals surface area (Å²) in [4.78, 5) is 0. The second-order valence-corrected chi connectivity index (χ2v) is 8.70. The van der Waals surface area contributed by atoms with E-state index in [4.69, 9.17) is 16.3 Å². The third-order valence-corrected chi connectivity index (χ3v) is 5.34. The zero-order valence-corrected chi connectivity index (χ0v) is 16.7. The Morgan fingerprint density at radius 3 is 2.00 bits per heavy atom. The van der Waals surface area contributed by atoms with Crippen molar-refractivity contribution in [3.63, 3.8) is 0 Å². The van der Waals surface area contributed by atoms with E-state index in [0.29, 0.717) is 10.4 Å². The van der Waals surface area contributed by atoms with E-state index < -0.39 is 10.2 Å². The maximum atomic E-state index is 9.19. The second kappa shape index (κ2) is 7.64. The first-order chi connectivity index (χ1) is 12.7. The molecule has 2 aromatic rings. The number of benzene rings is 2. The number of halogens is 1. The lowest BCUT2D eigenvalue weighted by Crippen LogP contribution is -2.21. The number of allylic oxidation sites excluding steroid dienone is 2. The molecule has 0 unspecified atom stereocenters. The summed E-state index contributed by atoms with van der Waals surface area (Å²) in [5.41, 5.74) is 6.10. The van der Waals surface area contributed by atoms with Crippen LogP contribution in [0.1, 0.15) is 36.8 Å². The molecule has 0 bridgehead atoms. The van der Waals surface area contributed by atoms with Gasteiger partial charge in [0.1, 0.15) is 5.75 Å². The molecule has 7 heteroatoms. The zero-order chi connectivity index (χ0) is 19.7. The molecule has 5 nitrogen and oxygen atoms in total. The lowest BCUT2D eigenvalue weighted by atomic mass is 9.97. The predicted molar refractivity (Wildman–Crippen MR) is 109 cm³/mol. The molecular weight excluding hydrogens is 384 g/mol. The molecule has 27 heavy (non-hydrogen) atoms. The van der Waals surface area contributed by atoms with Crippen LogP contribution in [0.2, 0.25) is 5.02 Å². The second-order valence-electron chi connectivity index (χ2n) is 7.12. The summed E-state index contributed by atoms with van der Waals surface area (Å²) < 4.78 is 23.7. The molecule has 0 saturated heterocycles. The van der Waals surface area contributed by atoms with Crippen molar-refractivity contribution in [3.05, 3.63) is 64.7 Å². The largest absolute Gasteiger partial charge is 0.495 e. The van der Waals surface area contributed by atoms with Crippen molar-refractivity contribution in [2.75, 3.05) is 7.11 Å². The fraction of sp³-hybridized carbons (Fsp3) is 0.300. The van der Waals surface area contributed by atoms with Crippen LogP contribution in [0.5, 0.6) is 5.75 Å². The zero-order valence-electron chi connectivity index (χ0n) is 15.1. The van der Waals surface area contributed by atoms with E-state index in [2.05, 4.69) is 52.7 Å². The van der Waals surface area contributed by atoms with Crippen molar-refractivity contribution < 1.29 is 13.2 Å². The van der Waals surface area contributed by atoms with Crippen LogP contribution < -0.4 is 15.0 Å². The first-order valence-electron chi connectivity index (χ1n) is 8.63. The van der Waals surface area contributed by atoms with Gasteiger partial charge in [-0.05, 0) is 65.5 Å². The molecule has 2 aliphatic carbocycles. The molecule has 4 N–H and O–H groups in total. The smallest absolute Gasteiger partial charge is 0.271 e. The Morgan fingerprint density at radius 1 is 0.963 bits per heavy atom. The summed E-state index contributed by atoms with van der Waals surface area (Å²) in [6.45, 7) is 0. The number of hydrogen-bond acceptors (Lipinski definition) is 3. The van der Waals surface area contributed by atoms with Crippen molar-refractivity contribution >= 4 is 33.0 Å². The van der Waals surface area contributed by atoms with Gasteiger partial charge in [0.05, 0.1) is 12.1 Å². The Bertz CT molecular complexity index is 960. The summed E-state index contributed by atoms with van der Waals surface area (Å²) in [5, 5.41) is 8.90. The molecular formula is C20H23ClN2O3S. The third kappa shape index (κ3) is 5.11. The van der Waals surface area contributed by atoms with E-state index in [1.54, 1.807) is 7.11 Å². The number of nitrogens with two attached hydrogens (primary N) is 2. The third-order valence-electron chi connectivity index (χ3n) is 5.05. The Balaban J connectivity index is 0.000000376. The van der Waals surface area contributed by atoms with Gasteiger partial charge in [0.15, 0.2) is 0 Å². The summed E-state index contributed by atoms with van der Waals surface area (Å²) >= 11 is 6.34. The van der Waals surface area contributed by atoms with Crippen LogP contribution in [0.4, 0.5) is 0 Å². The van der Waals surface area contributed by atoms with Crippen molar-refractivity contribution in [2.45, 2.75) is 25.7 Å². The summed E-state index contributed by atoms with van der Waals surface area (Å²) in [6.07, 6.45) is 5.10. The van der Waals surface area contributed by atoms with Gasteiger partial charge in [-0.15, -0.1) is 0 Å². The van der Waals surface area contributed by atoms with Gasteiger partial charge in [-0.1, -0.05) is 48.0 Å². The quantitative estimate of drug-likeness (QED) is 0.806. The number of hydrogen-bond donors (Lipinski definition) is 2. The predicted octanol–water partition coefficient (Wildman–Crippen LogP) is 3.98. The Kier molecular flexibility index (Phi) is 5.63. The highest BCUT2D eigenvalue weighted by molar-refractivity contribution is 7.86. The van der Waals surface area contributed by atoms with E-state index in [-0.39, 0.29) is 0 Å². The van der Waals surface area contributed by atoms with Crippen LogP contribution >= 0.6 is 11.6 Å². The highest BCUT2D eigenvalue weighted by Crippen LogP contribution is 2.63. The monoisotopic (exact) mass is 406 g/mol. The number of methoxy groups -OCH3 is 1. The van der Waals surface area contributed by atoms with Crippen molar-refractivity contribution in [1.82, 2.24) is 0 Å². The molecule has 1 spiro atoms. The summed E-state index contributed by atoms with van der Waals surface area (Å²) in [5.74, 6) is 0.742. The standard InChI is InChI=1S/C20H19ClO.H4N2O2S/c1-22-19-8-7-15(11-18(19)21)17-13-20(9-10-20)12-16(17)14-5-3-2-4-6-14;1-5(2,3)4/h2-8,11H,9-10,12-13H2,1H3;(H4,1,2,3,4). The molecule has 0 aromatic heterocycles. The first kappa shape index (κ1) is 19.9. The van der Waals surface area contributed by atoms with Crippen LogP contribution in [-0.2, 0) is 10.2 Å². The minimum absolute atomic E-state index is 0.535. The molecule has 2 aliphatic rings. The Hall–Kier alpha value is -1.86. The molecule has 2 aromatic carbocycles. The molecule has 0 aliphatic heterocycles. The Morgan fingerprint density at radius 2 is 1.52 bits per heavy atom. The summed E-state index contributed by atoms with van der Waals surface area (Å²) in [7, 11) is -2.01. The number of rotatable bonds is 3. The maximum Gasteiger partial charge on any atom is 0.271 e. The average Bonchev–Trinajstić information content (AvgIpc) is 3.25. The number of ether oxygens (including phenoxy) is 1. The summed E-state index contributed by atoms with van der Waals surface area (Å²) in [6, 6.07) is 17.0. The van der Waals surface area contributed by atoms with Crippen LogP contribution in [0.25, 0.3) is 11.1 Å². The normalized spacial score (nSPS) is 17.5. The van der Waals surface area contributed by atoms with Gasteiger partial charge in [-0.25, -0.2) is 10.3 Å². The highest BCUT2D eigenvalue weighted by Gasteiger charge is 2.48. The maximum absolute atomic E-state index is 9.19. The van der Waals surface area contributed by atoms with E-state index >= 15 is 0 Å². The van der Waals surface area contributed by atoms with Crippen LogP contribution in [0, 0.1) is 5.41 Å². The van der Waals surface area contributed by atoms with Crippen LogP contribution in [-0.4, -0.2) is 15.5 Å². The van der Waals surface area contributed by atoms with Gasteiger partial charge in [-0.2, -0.15) is 8.42 Å². The van der Waals surface area contributed by atoms with Gasteiger partial charge in [0.25, 0.3) is 10.2 Å². The Labute approximate surface area is 165 Å². The van der Waals surface area contributed by atoms with Crippen LogP contribution in [0.15, 0.2) is 48.5 Å². The molecule has 0 heterocycles. The van der Waals surface area contributed by atoms with E-state index in [1.165, 1.54) is 48.0 Å². The molecule has 4 rings (SSSR count). The van der Waals surface area contributed by atoms with Gasteiger partial charge < -0.3 is 4.74 Å². The fourth-order valence-corrected chi connectivity index (χ4v) is 3.86. The molecule has 144 valence electrons. The average molecular weight is 407 g/mol. The lowest BCUT2D eigenvalue weighted by molar-refractivity contribution is 0.415. The molecule has 1 fully saturated rings. The minimum Gasteiger partial charge on any atom is -0.495 e. The minimum atomic E-state index is -3.67. The highest BCUT2D eigenvalue weighted by atomic mass is 35.5. The van der Waals surface area contributed by atoms with E-state index in [0.717, 1.165) is 5.75 Å². The first-order valence-corrected chi connectivity index (χ1v) is 10.6. The van der Waals surface area contributed by atoms with Gasteiger partial charge in [0.2, 0.25) is 0 Å². The topological polar surface area (TPSA) is 95.4 Å². The van der Waals surface area contributed by atoms with Crippen LogP contribution in [0.3, 0.4) is 0 Å². The molecule has 0 atom stereocenters. The molecule has 0 amide bonds. The van der Waals surface area contributed by atoms with E-state index in [9.17, 15) is 8.42 Å². The van der Waals surface area contributed by atoms with Gasteiger partial charge in [-0.3, -0.25) is 0 Å². The van der Waals surface area contributed by atoms with Crippen molar-refractivity contribution in [3.8, 4) is 5.75 Å². The SMILES string of the molecule is COc1ccc(C2=C(c3ccccc3)CC3(CC3)C2)cc1Cl.NS(N)(=O)=O. The fourth-order valence-electron chi connectivity index (χ4n) is 3.60. The lowest BCUT2D eigenvalue weighted by Gasteiger charge is -2.10. The van der Waals surface area contributed by atoms with E-state index in [1.807, 2.05) is 6.07 Å². The van der Waals surface area contributed by atoms with Crippen molar-refractivity contribution in [1.29, 1.82) is 0 Å². The van der Waals surface area contributed by atoms with Gasteiger partial charge >= 0.3 is 0 Å².